The van der Waals surface area contributed by atoms with Crippen LogP contribution in [-0.2, 0) is 0 Å². The SMILES string of the molecule is CCCCCNCCC(C)C. The fourth-order valence-corrected chi connectivity index (χ4v) is 1.02. The molecule has 0 unspecified atom stereocenters. The normalized spacial score (nSPS) is 10.9. The standard InChI is InChI=1S/C10H23N/c1-4-5-6-8-11-9-7-10(2)3/h10-11H,4-9H2,1-3H3. The molecule has 0 amide bonds. The lowest BCUT2D eigenvalue weighted by Gasteiger charge is -2.05. The van der Waals surface area contributed by atoms with Gasteiger partial charge in [0.25, 0.3) is 0 Å². The van der Waals surface area contributed by atoms with Crippen LogP contribution in [-0.4, -0.2) is 13.1 Å². The van der Waals surface area contributed by atoms with Crippen molar-refractivity contribution in [1.29, 1.82) is 0 Å². The zero-order valence-corrected chi connectivity index (χ0v) is 8.32. The third kappa shape index (κ3) is 9.96. The Morgan fingerprint density at radius 2 is 1.82 bits per heavy atom. The zero-order valence-electron chi connectivity index (χ0n) is 8.32. The second-order valence-corrected chi connectivity index (χ2v) is 3.64. The second-order valence-electron chi connectivity index (χ2n) is 3.64. The van der Waals surface area contributed by atoms with Gasteiger partial charge in [-0.15, -0.1) is 0 Å². The molecule has 11 heavy (non-hydrogen) atoms. The number of nitrogens with one attached hydrogen (secondary N) is 1. The lowest BCUT2D eigenvalue weighted by atomic mass is 10.1. The summed E-state index contributed by atoms with van der Waals surface area (Å²) in [6.45, 7) is 9.19. The molecule has 0 fully saturated rings. The molecule has 0 aromatic heterocycles. The van der Waals surface area contributed by atoms with Gasteiger partial charge in [0.1, 0.15) is 0 Å². The summed E-state index contributed by atoms with van der Waals surface area (Å²) in [5.41, 5.74) is 0. The van der Waals surface area contributed by atoms with E-state index in [4.69, 9.17) is 0 Å². The number of unbranched alkanes of at least 4 members (excludes halogenated alkanes) is 2. The molecule has 0 aliphatic carbocycles. The van der Waals surface area contributed by atoms with E-state index in [1.807, 2.05) is 0 Å². The van der Waals surface area contributed by atoms with Crippen molar-refractivity contribution in [3.8, 4) is 0 Å². The minimum absolute atomic E-state index is 0.841. The summed E-state index contributed by atoms with van der Waals surface area (Å²) in [5, 5.41) is 3.45. The highest BCUT2D eigenvalue weighted by Gasteiger charge is 1.92. The first-order valence-electron chi connectivity index (χ1n) is 4.98. The summed E-state index contributed by atoms with van der Waals surface area (Å²) in [7, 11) is 0. The van der Waals surface area contributed by atoms with E-state index < -0.39 is 0 Å². The van der Waals surface area contributed by atoms with Crippen molar-refractivity contribution in [1.82, 2.24) is 5.32 Å². The maximum Gasteiger partial charge on any atom is -0.00465 e. The van der Waals surface area contributed by atoms with Gasteiger partial charge < -0.3 is 5.32 Å². The Kier molecular flexibility index (Phi) is 8.03. The summed E-state index contributed by atoms with van der Waals surface area (Å²) in [6.07, 6.45) is 5.35. The Labute approximate surface area is 71.6 Å². The van der Waals surface area contributed by atoms with Crippen LogP contribution in [0.2, 0.25) is 0 Å². The molecule has 0 bridgehead atoms. The van der Waals surface area contributed by atoms with Gasteiger partial charge in [0.05, 0.1) is 0 Å². The lowest BCUT2D eigenvalue weighted by Crippen LogP contribution is -2.17. The van der Waals surface area contributed by atoms with Crippen LogP contribution in [0.25, 0.3) is 0 Å². The van der Waals surface area contributed by atoms with E-state index in [1.54, 1.807) is 0 Å². The molecule has 68 valence electrons. The van der Waals surface area contributed by atoms with Crippen molar-refractivity contribution in [2.45, 2.75) is 46.5 Å². The molecule has 0 aliphatic rings. The van der Waals surface area contributed by atoms with Crippen LogP contribution in [0.4, 0.5) is 0 Å². The van der Waals surface area contributed by atoms with E-state index in [2.05, 4.69) is 26.1 Å². The molecule has 0 radical (unpaired) electrons. The average Bonchev–Trinajstić information content (AvgIpc) is 1.96. The first-order chi connectivity index (χ1) is 5.27. The third-order valence-electron chi connectivity index (χ3n) is 1.86. The van der Waals surface area contributed by atoms with Crippen LogP contribution < -0.4 is 5.32 Å². The maximum atomic E-state index is 3.45. The first-order valence-corrected chi connectivity index (χ1v) is 4.98. The Hall–Kier alpha value is -0.0400. The van der Waals surface area contributed by atoms with Crippen molar-refractivity contribution in [2.75, 3.05) is 13.1 Å². The summed E-state index contributed by atoms with van der Waals surface area (Å²) < 4.78 is 0. The van der Waals surface area contributed by atoms with Gasteiger partial charge >= 0.3 is 0 Å². The highest BCUT2D eigenvalue weighted by molar-refractivity contribution is 4.50. The van der Waals surface area contributed by atoms with Crippen molar-refractivity contribution in [2.24, 2.45) is 5.92 Å². The highest BCUT2D eigenvalue weighted by Crippen LogP contribution is 1.96. The Morgan fingerprint density at radius 3 is 2.36 bits per heavy atom. The summed E-state index contributed by atoms with van der Waals surface area (Å²) in [4.78, 5) is 0. The topological polar surface area (TPSA) is 12.0 Å². The fourth-order valence-electron chi connectivity index (χ4n) is 1.02. The van der Waals surface area contributed by atoms with Gasteiger partial charge in [0.2, 0.25) is 0 Å². The van der Waals surface area contributed by atoms with E-state index in [0.29, 0.717) is 0 Å². The van der Waals surface area contributed by atoms with Crippen LogP contribution in [0.1, 0.15) is 46.5 Å². The van der Waals surface area contributed by atoms with Gasteiger partial charge in [0.15, 0.2) is 0 Å². The molecule has 1 heteroatoms. The highest BCUT2D eigenvalue weighted by atomic mass is 14.8. The van der Waals surface area contributed by atoms with E-state index in [0.717, 1.165) is 5.92 Å². The minimum Gasteiger partial charge on any atom is -0.317 e. The first kappa shape index (κ1) is 11.0. The molecule has 0 heterocycles. The van der Waals surface area contributed by atoms with E-state index in [1.165, 1.54) is 38.8 Å². The smallest absolute Gasteiger partial charge is 0.00465 e. The summed E-state index contributed by atoms with van der Waals surface area (Å²) >= 11 is 0. The molecule has 1 nitrogen and oxygen atoms in total. The predicted molar refractivity (Wildman–Crippen MR) is 51.8 cm³/mol. The van der Waals surface area contributed by atoms with Gasteiger partial charge in [-0.25, -0.2) is 0 Å². The molecule has 0 aromatic carbocycles. The maximum absolute atomic E-state index is 3.45. The Morgan fingerprint density at radius 1 is 1.09 bits per heavy atom. The molecule has 0 saturated heterocycles. The van der Waals surface area contributed by atoms with Crippen LogP contribution in [0.5, 0.6) is 0 Å². The molecule has 0 rings (SSSR count). The van der Waals surface area contributed by atoms with Crippen molar-refractivity contribution in [3.63, 3.8) is 0 Å². The molecular weight excluding hydrogens is 134 g/mol. The predicted octanol–water partition coefficient (Wildman–Crippen LogP) is 2.81. The molecule has 1 N–H and O–H groups in total. The van der Waals surface area contributed by atoms with E-state index >= 15 is 0 Å². The monoisotopic (exact) mass is 157 g/mol. The minimum atomic E-state index is 0.841. The average molecular weight is 157 g/mol. The van der Waals surface area contributed by atoms with Gasteiger partial charge in [-0.2, -0.15) is 0 Å². The Balaban J connectivity index is 2.80. The van der Waals surface area contributed by atoms with E-state index in [9.17, 15) is 0 Å². The van der Waals surface area contributed by atoms with Crippen molar-refractivity contribution in [3.05, 3.63) is 0 Å². The van der Waals surface area contributed by atoms with Crippen LogP contribution >= 0.6 is 0 Å². The van der Waals surface area contributed by atoms with Crippen molar-refractivity contribution < 1.29 is 0 Å². The fraction of sp³-hybridized carbons (Fsp3) is 1.00. The number of hydrogen-bond donors (Lipinski definition) is 1. The third-order valence-corrected chi connectivity index (χ3v) is 1.86. The van der Waals surface area contributed by atoms with Crippen LogP contribution in [0, 0.1) is 5.92 Å². The van der Waals surface area contributed by atoms with Crippen LogP contribution in [0.3, 0.4) is 0 Å². The van der Waals surface area contributed by atoms with Gasteiger partial charge in [0, 0.05) is 0 Å². The molecule has 0 aromatic rings. The molecule has 0 spiro atoms. The van der Waals surface area contributed by atoms with Crippen molar-refractivity contribution >= 4 is 0 Å². The second kappa shape index (κ2) is 8.06. The lowest BCUT2D eigenvalue weighted by molar-refractivity contribution is 0.526. The summed E-state index contributed by atoms with van der Waals surface area (Å²) in [5.74, 6) is 0.841. The van der Waals surface area contributed by atoms with Gasteiger partial charge in [-0.3, -0.25) is 0 Å². The quantitative estimate of drug-likeness (QED) is 0.560. The summed E-state index contributed by atoms with van der Waals surface area (Å²) in [6, 6.07) is 0. The molecular formula is C10H23N. The van der Waals surface area contributed by atoms with Crippen LogP contribution in [0.15, 0.2) is 0 Å². The zero-order chi connectivity index (χ0) is 8.53. The van der Waals surface area contributed by atoms with Gasteiger partial charge in [-0.05, 0) is 31.8 Å². The van der Waals surface area contributed by atoms with E-state index in [-0.39, 0.29) is 0 Å². The number of hydrogen-bond acceptors (Lipinski definition) is 1. The largest absolute Gasteiger partial charge is 0.317 e. The molecule has 0 atom stereocenters. The van der Waals surface area contributed by atoms with Gasteiger partial charge in [-0.1, -0.05) is 33.6 Å². The molecule has 0 aliphatic heterocycles. The number of rotatable bonds is 7. The molecule has 0 saturated carbocycles. The Bertz CT molecular complexity index is 69.3.